The molecule has 140 valence electrons. The zero-order chi connectivity index (χ0) is 19.0. The minimum Gasteiger partial charge on any atom is -0.493 e. The van der Waals surface area contributed by atoms with E-state index in [0.717, 1.165) is 5.56 Å². The first-order valence-electron chi connectivity index (χ1n) is 8.57. The van der Waals surface area contributed by atoms with Crippen molar-refractivity contribution in [2.75, 3.05) is 18.5 Å². The fourth-order valence-corrected chi connectivity index (χ4v) is 3.42. The summed E-state index contributed by atoms with van der Waals surface area (Å²) in [5.41, 5.74) is 1.63. The van der Waals surface area contributed by atoms with Crippen molar-refractivity contribution in [3.8, 4) is 5.75 Å². The van der Waals surface area contributed by atoms with E-state index in [4.69, 9.17) is 4.74 Å². The third kappa shape index (κ3) is 3.42. The standard InChI is InChI=1S/C19H17F2N3O3/c20-11-1-3-12(4-2-11)23-19(26)24-17-14(9-22-18(17)25)13-7-10-5-6-27-16(10)8-15(13)21/h1-4,7-8,14,17H,5-6,9H2,(H,22,25)(H2,23,24,26)/t14-,17-/m0/s1. The van der Waals surface area contributed by atoms with E-state index in [0.29, 0.717) is 30.0 Å². The molecule has 2 aliphatic rings. The maximum Gasteiger partial charge on any atom is 0.319 e. The molecule has 2 aromatic rings. The number of anilines is 1. The molecule has 3 amide bonds. The molecule has 0 spiro atoms. The van der Waals surface area contributed by atoms with Gasteiger partial charge in [0.25, 0.3) is 0 Å². The molecule has 2 aliphatic heterocycles. The van der Waals surface area contributed by atoms with E-state index in [2.05, 4.69) is 16.0 Å². The summed E-state index contributed by atoms with van der Waals surface area (Å²) in [5.74, 6) is -1.30. The molecule has 6 nitrogen and oxygen atoms in total. The van der Waals surface area contributed by atoms with Crippen LogP contribution in [0.2, 0.25) is 0 Å². The van der Waals surface area contributed by atoms with Crippen molar-refractivity contribution in [2.24, 2.45) is 0 Å². The quantitative estimate of drug-likeness (QED) is 0.773. The van der Waals surface area contributed by atoms with Gasteiger partial charge in [0.05, 0.1) is 6.61 Å². The van der Waals surface area contributed by atoms with Gasteiger partial charge in [-0.2, -0.15) is 0 Å². The van der Waals surface area contributed by atoms with Crippen LogP contribution in [-0.2, 0) is 11.2 Å². The van der Waals surface area contributed by atoms with E-state index in [-0.39, 0.29) is 12.5 Å². The maximum atomic E-state index is 14.5. The van der Waals surface area contributed by atoms with Gasteiger partial charge in [-0.15, -0.1) is 0 Å². The third-order valence-corrected chi connectivity index (χ3v) is 4.78. The number of hydrogen-bond donors (Lipinski definition) is 3. The Hall–Kier alpha value is -3.16. The van der Waals surface area contributed by atoms with Gasteiger partial charge >= 0.3 is 6.03 Å². The first-order chi connectivity index (χ1) is 13.0. The largest absolute Gasteiger partial charge is 0.493 e. The average molecular weight is 373 g/mol. The van der Waals surface area contributed by atoms with Gasteiger partial charge in [-0.3, -0.25) is 4.79 Å². The maximum absolute atomic E-state index is 14.5. The molecular formula is C19H17F2N3O3. The summed E-state index contributed by atoms with van der Waals surface area (Å²) >= 11 is 0. The summed E-state index contributed by atoms with van der Waals surface area (Å²) in [6.45, 7) is 0.721. The molecule has 1 saturated heterocycles. The zero-order valence-electron chi connectivity index (χ0n) is 14.2. The average Bonchev–Trinajstić information content (AvgIpc) is 3.23. The highest BCUT2D eigenvalue weighted by molar-refractivity contribution is 5.95. The molecule has 0 bridgehead atoms. The molecule has 8 heteroatoms. The zero-order valence-corrected chi connectivity index (χ0v) is 14.2. The van der Waals surface area contributed by atoms with Crippen molar-refractivity contribution in [1.82, 2.24) is 10.6 Å². The van der Waals surface area contributed by atoms with E-state index >= 15 is 0 Å². The Morgan fingerprint density at radius 3 is 2.74 bits per heavy atom. The molecule has 0 saturated carbocycles. The second-order valence-electron chi connectivity index (χ2n) is 6.51. The molecule has 0 aliphatic carbocycles. The predicted molar refractivity (Wildman–Crippen MR) is 93.7 cm³/mol. The van der Waals surface area contributed by atoms with Crippen LogP contribution in [0.25, 0.3) is 0 Å². The van der Waals surface area contributed by atoms with Crippen LogP contribution in [0, 0.1) is 11.6 Å². The molecule has 2 atom stereocenters. The van der Waals surface area contributed by atoms with Crippen LogP contribution in [0.4, 0.5) is 19.3 Å². The number of carbonyl (C=O) groups excluding carboxylic acids is 2. The van der Waals surface area contributed by atoms with Gasteiger partial charge in [-0.05, 0) is 41.5 Å². The van der Waals surface area contributed by atoms with Gasteiger partial charge in [0, 0.05) is 30.6 Å². The normalized spacial score (nSPS) is 20.6. The Morgan fingerprint density at radius 2 is 1.96 bits per heavy atom. The summed E-state index contributed by atoms with van der Waals surface area (Å²) < 4.78 is 32.8. The summed E-state index contributed by atoms with van der Waals surface area (Å²) in [6.07, 6.45) is 0.680. The number of carbonyl (C=O) groups is 2. The van der Waals surface area contributed by atoms with E-state index in [1.165, 1.54) is 30.3 Å². The molecule has 3 N–H and O–H groups in total. The summed E-state index contributed by atoms with van der Waals surface area (Å²) in [6, 6.07) is 6.72. The number of urea groups is 1. The van der Waals surface area contributed by atoms with Crippen LogP contribution >= 0.6 is 0 Å². The number of amides is 3. The Morgan fingerprint density at radius 1 is 1.19 bits per heavy atom. The van der Waals surface area contributed by atoms with Crippen LogP contribution < -0.4 is 20.7 Å². The number of hydrogen-bond acceptors (Lipinski definition) is 3. The number of ether oxygens (including phenoxy) is 1. The molecule has 2 aromatic carbocycles. The summed E-state index contributed by atoms with van der Waals surface area (Å²) in [5, 5.41) is 7.78. The molecular weight excluding hydrogens is 356 g/mol. The van der Waals surface area contributed by atoms with E-state index < -0.39 is 29.6 Å². The number of benzene rings is 2. The van der Waals surface area contributed by atoms with Crippen molar-refractivity contribution in [1.29, 1.82) is 0 Å². The third-order valence-electron chi connectivity index (χ3n) is 4.78. The lowest BCUT2D eigenvalue weighted by Gasteiger charge is -2.20. The highest BCUT2D eigenvalue weighted by Gasteiger charge is 2.38. The molecule has 4 rings (SSSR count). The van der Waals surface area contributed by atoms with Gasteiger partial charge in [-0.1, -0.05) is 0 Å². The lowest BCUT2D eigenvalue weighted by molar-refractivity contribution is -0.120. The highest BCUT2D eigenvalue weighted by atomic mass is 19.1. The molecule has 2 heterocycles. The van der Waals surface area contributed by atoms with Crippen molar-refractivity contribution in [3.63, 3.8) is 0 Å². The lowest BCUT2D eigenvalue weighted by Crippen LogP contribution is -2.44. The second-order valence-corrected chi connectivity index (χ2v) is 6.51. The first-order valence-corrected chi connectivity index (χ1v) is 8.57. The fourth-order valence-electron chi connectivity index (χ4n) is 3.42. The molecule has 0 radical (unpaired) electrons. The van der Waals surface area contributed by atoms with Crippen molar-refractivity contribution >= 4 is 17.6 Å². The topological polar surface area (TPSA) is 79.5 Å². The smallest absolute Gasteiger partial charge is 0.319 e. The van der Waals surface area contributed by atoms with Crippen LogP contribution in [0.5, 0.6) is 5.75 Å². The fraction of sp³-hybridized carbons (Fsp3) is 0.263. The number of halogens is 2. The molecule has 0 aromatic heterocycles. The molecule has 1 fully saturated rings. The van der Waals surface area contributed by atoms with Crippen molar-refractivity contribution in [2.45, 2.75) is 18.4 Å². The van der Waals surface area contributed by atoms with Crippen LogP contribution in [0.1, 0.15) is 17.0 Å². The lowest BCUT2D eigenvalue weighted by atomic mass is 9.91. The SMILES string of the molecule is O=C(Nc1ccc(F)cc1)N[C@@H]1C(=O)NC[C@H]1c1cc2c(cc1F)OCC2. The van der Waals surface area contributed by atoms with Crippen LogP contribution in [0.3, 0.4) is 0 Å². The van der Waals surface area contributed by atoms with Gasteiger partial charge in [0.15, 0.2) is 0 Å². The Bertz CT molecular complexity index is 902. The molecule has 27 heavy (non-hydrogen) atoms. The first kappa shape index (κ1) is 17.3. The Labute approximate surface area is 153 Å². The minimum absolute atomic E-state index is 0.219. The highest BCUT2D eigenvalue weighted by Crippen LogP contribution is 2.33. The number of fused-ring (bicyclic) bond motifs is 1. The van der Waals surface area contributed by atoms with Gasteiger partial charge in [0.2, 0.25) is 5.91 Å². The summed E-state index contributed by atoms with van der Waals surface area (Å²) in [4.78, 5) is 24.4. The van der Waals surface area contributed by atoms with Crippen molar-refractivity contribution < 1.29 is 23.1 Å². The van der Waals surface area contributed by atoms with Gasteiger partial charge < -0.3 is 20.7 Å². The number of rotatable bonds is 3. The van der Waals surface area contributed by atoms with Gasteiger partial charge in [0.1, 0.15) is 23.4 Å². The second kappa shape index (κ2) is 6.86. The monoisotopic (exact) mass is 373 g/mol. The minimum atomic E-state index is -0.916. The van der Waals surface area contributed by atoms with E-state index in [1.807, 2.05) is 0 Å². The summed E-state index contributed by atoms with van der Waals surface area (Å²) in [7, 11) is 0. The number of nitrogens with one attached hydrogen (secondary N) is 3. The van der Waals surface area contributed by atoms with Crippen molar-refractivity contribution in [3.05, 3.63) is 59.2 Å². The van der Waals surface area contributed by atoms with E-state index in [1.54, 1.807) is 6.07 Å². The predicted octanol–water partition coefficient (Wildman–Crippen LogP) is 2.30. The van der Waals surface area contributed by atoms with Crippen LogP contribution in [-0.4, -0.2) is 31.1 Å². The van der Waals surface area contributed by atoms with Gasteiger partial charge in [-0.25, -0.2) is 13.6 Å². The van der Waals surface area contributed by atoms with E-state index in [9.17, 15) is 18.4 Å². The van der Waals surface area contributed by atoms with Crippen LogP contribution in [0.15, 0.2) is 36.4 Å². The Kier molecular flexibility index (Phi) is 4.39. The Balaban J connectivity index is 1.52. The molecule has 0 unspecified atom stereocenters.